The maximum atomic E-state index is 4.62. The number of hydrogen-bond acceptors (Lipinski definition) is 2. The minimum Gasteiger partial charge on any atom is -0.341 e. The predicted octanol–water partition coefficient (Wildman–Crippen LogP) is 4.36. The number of imidazole rings is 1. The van der Waals surface area contributed by atoms with Gasteiger partial charge in [-0.25, -0.2) is 4.98 Å². The molecule has 0 saturated heterocycles. The summed E-state index contributed by atoms with van der Waals surface area (Å²) in [7, 11) is 0. The molecule has 3 heteroatoms. The highest BCUT2D eigenvalue weighted by atomic mass is 14.9. The van der Waals surface area contributed by atoms with E-state index in [9.17, 15) is 0 Å². The Labute approximate surface area is 113 Å². The number of rotatable bonds is 2. The second kappa shape index (κ2) is 4.34. The number of nitrogens with zero attached hydrogens (tertiary/aromatic N) is 2. The smallest absolute Gasteiger partial charge is 0.109 e. The molecule has 0 bridgehead atoms. The highest BCUT2D eigenvalue weighted by molar-refractivity contribution is 6.03. The van der Waals surface area contributed by atoms with Gasteiger partial charge in [-0.05, 0) is 11.5 Å². The highest BCUT2D eigenvalue weighted by Gasteiger charge is 2.12. The zero-order valence-electron chi connectivity index (χ0n) is 11.9. The van der Waals surface area contributed by atoms with Crippen molar-refractivity contribution < 1.29 is 0 Å². The topological polar surface area (TPSA) is 41.6 Å². The lowest BCUT2D eigenvalue weighted by Gasteiger charge is -2.08. The fourth-order valence-corrected chi connectivity index (χ4v) is 2.48. The van der Waals surface area contributed by atoms with Crippen LogP contribution in [0.4, 0.5) is 0 Å². The van der Waals surface area contributed by atoms with Crippen molar-refractivity contribution in [2.24, 2.45) is 0 Å². The van der Waals surface area contributed by atoms with Crippen LogP contribution in [0.25, 0.3) is 21.9 Å². The first-order chi connectivity index (χ1) is 9.08. The van der Waals surface area contributed by atoms with Crippen LogP contribution in [0.1, 0.15) is 50.9 Å². The molecule has 19 heavy (non-hydrogen) atoms. The summed E-state index contributed by atoms with van der Waals surface area (Å²) in [5.41, 5.74) is 4.44. The first-order valence-electron chi connectivity index (χ1n) is 6.85. The Morgan fingerprint density at radius 3 is 2.53 bits per heavy atom. The van der Waals surface area contributed by atoms with Crippen LogP contribution in [0.2, 0.25) is 0 Å². The van der Waals surface area contributed by atoms with E-state index in [1.54, 1.807) is 0 Å². The lowest BCUT2D eigenvalue weighted by atomic mass is 9.99. The molecule has 0 aliphatic carbocycles. The molecule has 0 amide bonds. The van der Waals surface area contributed by atoms with E-state index in [-0.39, 0.29) is 0 Å². The van der Waals surface area contributed by atoms with Gasteiger partial charge in [-0.15, -0.1) is 0 Å². The lowest BCUT2D eigenvalue weighted by molar-refractivity contribution is 0.799. The maximum Gasteiger partial charge on any atom is 0.109 e. The largest absolute Gasteiger partial charge is 0.341 e. The average molecular weight is 253 g/mol. The molecular weight excluding hydrogens is 234 g/mol. The van der Waals surface area contributed by atoms with Gasteiger partial charge in [0.15, 0.2) is 0 Å². The van der Waals surface area contributed by atoms with Crippen molar-refractivity contribution in [3.05, 3.63) is 35.8 Å². The van der Waals surface area contributed by atoms with Crippen LogP contribution in [0.3, 0.4) is 0 Å². The molecular formula is C16H19N3. The van der Waals surface area contributed by atoms with Crippen LogP contribution in [0, 0.1) is 0 Å². The van der Waals surface area contributed by atoms with Crippen molar-refractivity contribution in [3.8, 4) is 0 Å². The number of pyridine rings is 1. The molecule has 0 spiro atoms. The van der Waals surface area contributed by atoms with Crippen LogP contribution < -0.4 is 0 Å². The first kappa shape index (κ1) is 12.2. The molecule has 0 aliphatic heterocycles. The van der Waals surface area contributed by atoms with Gasteiger partial charge in [0.1, 0.15) is 11.3 Å². The summed E-state index contributed by atoms with van der Waals surface area (Å²) in [5.74, 6) is 1.90. The molecule has 3 nitrogen and oxygen atoms in total. The molecule has 2 heterocycles. The Morgan fingerprint density at radius 2 is 1.84 bits per heavy atom. The molecule has 0 aliphatic rings. The summed E-state index contributed by atoms with van der Waals surface area (Å²) in [6, 6.07) is 6.39. The number of fused-ring (bicyclic) bond motifs is 3. The van der Waals surface area contributed by atoms with Crippen molar-refractivity contribution in [2.45, 2.75) is 39.5 Å². The molecule has 0 atom stereocenters. The third kappa shape index (κ3) is 1.89. The molecule has 2 aromatic heterocycles. The molecule has 3 rings (SSSR count). The Kier molecular flexibility index (Phi) is 2.77. The highest BCUT2D eigenvalue weighted by Crippen LogP contribution is 2.29. The van der Waals surface area contributed by atoms with Crippen LogP contribution in [0.5, 0.6) is 0 Å². The van der Waals surface area contributed by atoms with Crippen molar-refractivity contribution in [2.75, 3.05) is 0 Å². The van der Waals surface area contributed by atoms with E-state index in [4.69, 9.17) is 0 Å². The van der Waals surface area contributed by atoms with Crippen LogP contribution in [-0.4, -0.2) is 15.0 Å². The van der Waals surface area contributed by atoms with Gasteiger partial charge >= 0.3 is 0 Å². The molecule has 98 valence electrons. The summed E-state index contributed by atoms with van der Waals surface area (Å²) in [6.45, 7) is 8.69. The minimum atomic E-state index is 0.399. The van der Waals surface area contributed by atoms with Gasteiger partial charge in [0.2, 0.25) is 0 Å². The SMILES string of the molecule is CC(C)c1nc2cnc3c(C(C)C)cccc3c2[nH]1. The lowest BCUT2D eigenvalue weighted by Crippen LogP contribution is -1.92. The number of H-pyrrole nitrogens is 1. The van der Waals surface area contributed by atoms with Gasteiger partial charge in [0.05, 0.1) is 17.2 Å². The molecule has 3 aromatic rings. The number of nitrogens with one attached hydrogen (secondary N) is 1. The third-order valence-electron chi connectivity index (χ3n) is 3.57. The number of aromatic amines is 1. The summed E-state index contributed by atoms with van der Waals surface area (Å²) >= 11 is 0. The number of aromatic nitrogens is 3. The van der Waals surface area contributed by atoms with Crippen LogP contribution in [-0.2, 0) is 0 Å². The number of benzene rings is 1. The van der Waals surface area contributed by atoms with E-state index in [0.29, 0.717) is 11.8 Å². The zero-order valence-corrected chi connectivity index (χ0v) is 11.9. The molecule has 0 unspecified atom stereocenters. The van der Waals surface area contributed by atoms with Gasteiger partial charge < -0.3 is 4.98 Å². The van der Waals surface area contributed by atoms with E-state index in [1.807, 2.05) is 6.20 Å². The fraction of sp³-hybridized carbons (Fsp3) is 0.375. The Balaban J connectivity index is 2.37. The van der Waals surface area contributed by atoms with Gasteiger partial charge in [-0.3, -0.25) is 4.98 Å². The van der Waals surface area contributed by atoms with Gasteiger partial charge in [-0.2, -0.15) is 0 Å². The average Bonchev–Trinajstić information content (AvgIpc) is 2.82. The van der Waals surface area contributed by atoms with Crippen LogP contribution >= 0.6 is 0 Å². The second-order valence-corrected chi connectivity index (χ2v) is 5.69. The molecule has 0 saturated carbocycles. The molecule has 1 N–H and O–H groups in total. The predicted molar refractivity (Wildman–Crippen MR) is 79.6 cm³/mol. The van der Waals surface area contributed by atoms with E-state index < -0.39 is 0 Å². The van der Waals surface area contributed by atoms with Crippen molar-refractivity contribution in [1.29, 1.82) is 0 Å². The molecule has 0 radical (unpaired) electrons. The van der Waals surface area contributed by atoms with Gasteiger partial charge in [0.25, 0.3) is 0 Å². The fourth-order valence-electron chi connectivity index (χ4n) is 2.48. The standard InChI is InChI=1S/C16H19N3/c1-9(2)11-6-5-7-12-14(11)17-8-13-15(12)19-16(18-13)10(3)4/h5-10H,1-4H3,(H,18,19). The normalized spacial score (nSPS) is 12.1. The summed E-state index contributed by atoms with van der Waals surface area (Å²) < 4.78 is 0. The monoisotopic (exact) mass is 253 g/mol. The third-order valence-corrected chi connectivity index (χ3v) is 3.57. The Bertz CT molecular complexity index is 738. The van der Waals surface area contributed by atoms with Crippen molar-refractivity contribution >= 4 is 21.9 Å². The summed E-state index contributed by atoms with van der Waals surface area (Å²) in [6.07, 6.45) is 1.88. The Hall–Kier alpha value is -1.90. The summed E-state index contributed by atoms with van der Waals surface area (Å²) in [4.78, 5) is 12.7. The van der Waals surface area contributed by atoms with E-state index in [0.717, 1.165) is 22.4 Å². The zero-order chi connectivity index (χ0) is 13.6. The van der Waals surface area contributed by atoms with Gasteiger partial charge in [-0.1, -0.05) is 45.9 Å². The van der Waals surface area contributed by atoms with Gasteiger partial charge in [0, 0.05) is 11.3 Å². The number of hydrogen-bond donors (Lipinski definition) is 1. The minimum absolute atomic E-state index is 0.399. The van der Waals surface area contributed by atoms with Crippen LogP contribution in [0.15, 0.2) is 24.4 Å². The second-order valence-electron chi connectivity index (χ2n) is 5.69. The Morgan fingerprint density at radius 1 is 1.05 bits per heavy atom. The molecule has 0 fully saturated rings. The van der Waals surface area contributed by atoms with E-state index in [2.05, 4.69) is 60.8 Å². The summed E-state index contributed by atoms with van der Waals surface area (Å²) in [5, 5.41) is 1.17. The maximum absolute atomic E-state index is 4.62. The van der Waals surface area contributed by atoms with Crippen molar-refractivity contribution in [3.63, 3.8) is 0 Å². The quantitative estimate of drug-likeness (QED) is 0.737. The number of para-hydroxylation sites is 1. The van der Waals surface area contributed by atoms with E-state index in [1.165, 1.54) is 10.9 Å². The molecule has 1 aromatic carbocycles. The first-order valence-corrected chi connectivity index (χ1v) is 6.85. The van der Waals surface area contributed by atoms with E-state index >= 15 is 0 Å². The van der Waals surface area contributed by atoms with Crippen molar-refractivity contribution in [1.82, 2.24) is 15.0 Å².